The van der Waals surface area contributed by atoms with Gasteiger partial charge in [0, 0.05) is 6.54 Å². The van der Waals surface area contributed by atoms with Crippen LogP contribution in [0.25, 0.3) is 0 Å². The molecule has 1 atom stereocenters. The van der Waals surface area contributed by atoms with Gasteiger partial charge in [0.2, 0.25) is 0 Å². The molecule has 2 rings (SSSR count). The number of likely N-dealkylation sites (N-methyl/N-ethyl adjacent to an activating group) is 1. The Bertz CT molecular complexity index is 352. The average molecular weight is 261 g/mol. The van der Waals surface area contributed by atoms with Crippen LogP contribution >= 0.6 is 0 Å². The lowest BCUT2D eigenvalue weighted by Gasteiger charge is -2.24. The minimum absolute atomic E-state index is 0.189. The Hall–Kier alpha value is -0.860. The molecular formula is C17H27NO. The average Bonchev–Trinajstić information content (AvgIpc) is 2.68. The summed E-state index contributed by atoms with van der Waals surface area (Å²) >= 11 is 0. The highest BCUT2D eigenvalue weighted by Crippen LogP contribution is 2.26. The first kappa shape index (κ1) is 14.5. The van der Waals surface area contributed by atoms with Crippen LogP contribution in [-0.4, -0.2) is 19.7 Å². The molecule has 1 aliphatic rings. The van der Waals surface area contributed by atoms with E-state index in [1.165, 1.54) is 49.7 Å². The molecule has 2 nitrogen and oxygen atoms in total. The molecular weight excluding hydrogens is 234 g/mol. The van der Waals surface area contributed by atoms with Crippen LogP contribution in [-0.2, 0) is 4.74 Å². The summed E-state index contributed by atoms with van der Waals surface area (Å²) in [5.41, 5.74) is 2.60. The third kappa shape index (κ3) is 4.63. The minimum atomic E-state index is 0.189. The van der Waals surface area contributed by atoms with Crippen molar-refractivity contribution in [1.29, 1.82) is 0 Å². The highest BCUT2D eigenvalue weighted by atomic mass is 16.5. The second kappa shape index (κ2) is 7.66. The molecule has 1 aromatic rings. The number of hydrogen-bond acceptors (Lipinski definition) is 2. The first-order chi connectivity index (χ1) is 9.29. The SMILES string of the molecule is CNCC(OC1CCCCCC1)c1ccc(C)cc1. The second-order valence-electron chi connectivity index (χ2n) is 5.71. The van der Waals surface area contributed by atoms with Crippen LogP contribution in [0.1, 0.15) is 55.8 Å². The molecule has 0 saturated heterocycles. The summed E-state index contributed by atoms with van der Waals surface area (Å²) in [7, 11) is 2.00. The molecule has 0 radical (unpaired) electrons. The number of hydrogen-bond donors (Lipinski definition) is 1. The lowest BCUT2D eigenvalue weighted by Crippen LogP contribution is -2.24. The molecule has 2 heteroatoms. The third-order valence-electron chi connectivity index (χ3n) is 4.00. The zero-order valence-electron chi connectivity index (χ0n) is 12.3. The summed E-state index contributed by atoms with van der Waals surface area (Å²) in [6.45, 7) is 3.02. The van der Waals surface area contributed by atoms with Gasteiger partial charge in [0.25, 0.3) is 0 Å². The largest absolute Gasteiger partial charge is 0.369 e. The number of benzene rings is 1. The van der Waals surface area contributed by atoms with Crippen LogP contribution in [0.15, 0.2) is 24.3 Å². The maximum atomic E-state index is 6.38. The summed E-state index contributed by atoms with van der Waals surface area (Å²) < 4.78 is 6.38. The van der Waals surface area contributed by atoms with Crippen LogP contribution in [0.2, 0.25) is 0 Å². The molecule has 0 bridgehead atoms. The van der Waals surface area contributed by atoms with Gasteiger partial charge in [0.05, 0.1) is 12.2 Å². The molecule has 1 N–H and O–H groups in total. The van der Waals surface area contributed by atoms with E-state index in [1.54, 1.807) is 0 Å². The highest BCUT2D eigenvalue weighted by Gasteiger charge is 2.19. The van der Waals surface area contributed by atoms with Gasteiger partial charge in [0.1, 0.15) is 0 Å². The van der Waals surface area contributed by atoms with Gasteiger partial charge in [0.15, 0.2) is 0 Å². The van der Waals surface area contributed by atoms with Crippen molar-refractivity contribution in [2.45, 2.75) is 57.7 Å². The van der Waals surface area contributed by atoms with E-state index in [0.717, 1.165) is 6.54 Å². The first-order valence-electron chi connectivity index (χ1n) is 7.66. The topological polar surface area (TPSA) is 21.3 Å². The Labute approximate surface area is 117 Å². The predicted molar refractivity (Wildman–Crippen MR) is 80.4 cm³/mol. The van der Waals surface area contributed by atoms with Crippen LogP contribution in [0.3, 0.4) is 0 Å². The summed E-state index contributed by atoms with van der Waals surface area (Å²) in [5.74, 6) is 0. The van der Waals surface area contributed by atoms with Crippen LogP contribution in [0.5, 0.6) is 0 Å². The van der Waals surface area contributed by atoms with Gasteiger partial charge in [-0.25, -0.2) is 0 Å². The summed E-state index contributed by atoms with van der Waals surface area (Å²) in [6, 6.07) is 8.75. The van der Waals surface area contributed by atoms with Crippen molar-refractivity contribution in [1.82, 2.24) is 5.32 Å². The number of aryl methyl sites for hydroxylation is 1. The zero-order valence-corrected chi connectivity index (χ0v) is 12.3. The molecule has 0 aromatic heterocycles. The number of nitrogens with one attached hydrogen (secondary N) is 1. The normalized spacial score (nSPS) is 19.1. The monoisotopic (exact) mass is 261 g/mol. The molecule has 0 spiro atoms. The van der Waals surface area contributed by atoms with E-state index >= 15 is 0 Å². The third-order valence-corrected chi connectivity index (χ3v) is 4.00. The number of ether oxygens (including phenoxy) is 1. The molecule has 0 aliphatic heterocycles. The quantitative estimate of drug-likeness (QED) is 0.809. The molecule has 1 aliphatic carbocycles. The Kier molecular flexibility index (Phi) is 5.87. The maximum Gasteiger partial charge on any atom is 0.0952 e. The van der Waals surface area contributed by atoms with Crippen LogP contribution in [0.4, 0.5) is 0 Å². The molecule has 0 amide bonds. The van der Waals surface area contributed by atoms with Gasteiger partial charge in [-0.05, 0) is 32.4 Å². The van der Waals surface area contributed by atoms with E-state index in [2.05, 4.69) is 36.5 Å². The van der Waals surface area contributed by atoms with Crippen molar-refractivity contribution >= 4 is 0 Å². The van der Waals surface area contributed by atoms with Crippen molar-refractivity contribution in [2.75, 3.05) is 13.6 Å². The van der Waals surface area contributed by atoms with Crippen molar-refractivity contribution in [3.8, 4) is 0 Å². The molecule has 1 aromatic carbocycles. The van der Waals surface area contributed by atoms with Gasteiger partial charge in [-0.2, -0.15) is 0 Å². The fraction of sp³-hybridized carbons (Fsp3) is 0.647. The van der Waals surface area contributed by atoms with E-state index in [4.69, 9.17) is 4.74 Å². The fourth-order valence-electron chi connectivity index (χ4n) is 2.82. The molecule has 106 valence electrons. The van der Waals surface area contributed by atoms with Gasteiger partial charge in [-0.3, -0.25) is 0 Å². The smallest absolute Gasteiger partial charge is 0.0952 e. The molecule has 0 heterocycles. The van der Waals surface area contributed by atoms with Crippen LogP contribution in [0, 0.1) is 6.92 Å². The van der Waals surface area contributed by atoms with Crippen LogP contribution < -0.4 is 5.32 Å². The standard InChI is InChI=1S/C17H27NO/c1-14-9-11-15(12-10-14)17(13-18-2)19-16-7-5-3-4-6-8-16/h9-12,16-18H,3-8,13H2,1-2H3. The fourth-order valence-corrected chi connectivity index (χ4v) is 2.82. The lowest BCUT2D eigenvalue weighted by atomic mass is 10.1. The Morgan fingerprint density at radius 2 is 1.74 bits per heavy atom. The summed E-state index contributed by atoms with van der Waals surface area (Å²) in [5, 5.41) is 3.26. The lowest BCUT2D eigenvalue weighted by molar-refractivity contribution is -0.0193. The maximum absolute atomic E-state index is 6.38. The second-order valence-corrected chi connectivity index (χ2v) is 5.71. The van der Waals surface area contributed by atoms with Crippen molar-refractivity contribution in [3.63, 3.8) is 0 Å². The van der Waals surface area contributed by atoms with E-state index in [-0.39, 0.29) is 6.10 Å². The van der Waals surface area contributed by atoms with E-state index in [1.807, 2.05) is 7.05 Å². The molecule has 1 unspecified atom stereocenters. The Morgan fingerprint density at radius 3 is 2.32 bits per heavy atom. The van der Waals surface area contributed by atoms with Gasteiger partial charge in [-0.1, -0.05) is 55.5 Å². The minimum Gasteiger partial charge on any atom is -0.369 e. The zero-order chi connectivity index (χ0) is 13.5. The van der Waals surface area contributed by atoms with Gasteiger partial charge in [-0.15, -0.1) is 0 Å². The van der Waals surface area contributed by atoms with Crippen molar-refractivity contribution < 1.29 is 4.74 Å². The molecule has 1 saturated carbocycles. The van der Waals surface area contributed by atoms with Crippen molar-refractivity contribution in [2.24, 2.45) is 0 Å². The van der Waals surface area contributed by atoms with E-state index in [9.17, 15) is 0 Å². The summed E-state index contributed by atoms with van der Waals surface area (Å²) in [6.07, 6.45) is 8.49. The highest BCUT2D eigenvalue weighted by molar-refractivity contribution is 5.23. The first-order valence-corrected chi connectivity index (χ1v) is 7.66. The predicted octanol–water partition coefficient (Wildman–Crippen LogP) is 3.99. The Morgan fingerprint density at radius 1 is 1.11 bits per heavy atom. The van der Waals surface area contributed by atoms with E-state index in [0.29, 0.717) is 6.10 Å². The van der Waals surface area contributed by atoms with Gasteiger partial charge < -0.3 is 10.1 Å². The van der Waals surface area contributed by atoms with E-state index < -0.39 is 0 Å². The van der Waals surface area contributed by atoms with Gasteiger partial charge >= 0.3 is 0 Å². The summed E-state index contributed by atoms with van der Waals surface area (Å²) in [4.78, 5) is 0. The molecule has 19 heavy (non-hydrogen) atoms. The number of rotatable bonds is 5. The Balaban J connectivity index is 2.00. The molecule has 1 fully saturated rings. The van der Waals surface area contributed by atoms with Crippen molar-refractivity contribution in [3.05, 3.63) is 35.4 Å².